The number of benzene rings is 2. The van der Waals surface area contributed by atoms with Gasteiger partial charge in [-0.05, 0) is 67.0 Å². The molecule has 2 fully saturated rings. The van der Waals surface area contributed by atoms with Gasteiger partial charge in [-0.3, -0.25) is 0 Å². The van der Waals surface area contributed by atoms with Crippen LogP contribution in [0.25, 0.3) is 0 Å². The Kier molecular flexibility index (Phi) is 8.47. The highest BCUT2D eigenvalue weighted by Gasteiger charge is 2.44. The van der Waals surface area contributed by atoms with E-state index >= 15 is 0 Å². The second-order valence-corrected chi connectivity index (χ2v) is 9.58. The average molecular weight is 493 g/mol. The normalized spacial score (nSPS) is 31.9. The largest absolute Gasteiger partial charge is 0.490 e. The molecular weight excluding hydrogens is 460 g/mol. The fourth-order valence-corrected chi connectivity index (χ4v) is 4.95. The summed E-state index contributed by atoms with van der Waals surface area (Å²) >= 11 is 6.45. The molecule has 0 amide bonds. The summed E-state index contributed by atoms with van der Waals surface area (Å²) in [7, 11) is 1.76. The SMILES string of the molecule is COC1CCC(Oc2ccc(Cc3cc([C@@H]4O[C@H](CO)[C@@H](O)C(O)[C@H]4O)ccc3Cl)cc2)CC1. The number of aliphatic hydroxyl groups excluding tert-OH is 4. The Bertz CT molecular complexity index is 927. The first-order chi connectivity index (χ1) is 16.4. The summed E-state index contributed by atoms with van der Waals surface area (Å²) in [6, 6.07) is 13.2. The van der Waals surface area contributed by atoms with Gasteiger partial charge in [0.05, 0.1) is 18.8 Å². The van der Waals surface area contributed by atoms with Gasteiger partial charge < -0.3 is 34.6 Å². The van der Waals surface area contributed by atoms with Crippen LogP contribution in [-0.2, 0) is 15.9 Å². The van der Waals surface area contributed by atoms with Crippen LogP contribution >= 0.6 is 11.6 Å². The topological polar surface area (TPSA) is 109 Å². The first-order valence-electron chi connectivity index (χ1n) is 11.8. The van der Waals surface area contributed by atoms with Gasteiger partial charge in [0.15, 0.2) is 0 Å². The zero-order valence-electron chi connectivity index (χ0n) is 19.2. The summed E-state index contributed by atoms with van der Waals surface area (Å²) in [6.45, 7) is -0.468. The molecule has 1 unspecified atom stereocenters. The van der Waals surface area contributed by atoms with Crippen LogP contribution in [0.2, 0.25) is 5.02 Å². The fourth-order valence-electron chi connectivity index (χ4n) is 4.77. The Labute approximate surface area is 204 Å². The standard InChI is InChI=1S/C26H33ClO7/c1-32-18-7-9-20(10-8-18)33-19-5-2-15(3-6-19)12-17-13-16(4-11-21(17)27)26-25(31)24(30)23(29)22(14-28)34-26/h2-6,11,13,18,20,22-26,28-31H,7-10,12,14H2,1H3/t18?,20?,22-,23-,24?,25-,26+/m1/s1. The lowest BCUT2D eigenvalue weighted by Gasteiger charge is -2.40. The van der Waals surface area contributed by atoms with E-state index in [1.54, 1.807) is 19.2 Å². The highest BCUT2D eigenvalue weighted by atomic mass is 35.5. The molecule has 8 heteroatoms. The Morgan fingerprint density at radius 2 is 1.59 bits per heavy atom. The lowest BCUT2D eigenvalue weighted by atomic mass is 9.90. The maximum absolute atomic E-state index is 10.4. The van der Waals surface area contributed by atoms with E-state index in [0.717, 1.165) is 42.6 Å². The minimum absolute atomic E-state index is 0.210. The van der Waals surface area contributed by atoms with E-state index in [-0.39, 0.29) is 6.10 Å². The number of hydrogen-bond acceptors (Lipinski definition) is 7. The number of halogens is 1. The highest BCUT2D eigenvalue weighted by Crippen LogP contribution is 2.34. The second kappa shape index (κ2) is 11.4. The molecule has 4 rings (SSSR count). The summed E-state index contributed by atoms with van der Waals surface area (Å²) in [5.41, 5.74) is 2.49. The molecule has 0 spiro atoms. The van der Waals surface area contributed by atoms with E-state index in [1.165, 1.54) is 0 Å². The molecule has 2 aromatic rings. The number of methoxy groups -OCH3 is 1. The molecule has 1 saturated carbocycles. The monoisotopic (exact) mass is 492 g/mol. The van der Waals surface area contributed by atoms with Gasteiger partial charge in [-0.2, -0.15) is 0 Å². The zero-order valence-corrected chi connectivity index (χ0v) is 20.0. The molecule has 0 bridgehead atoms. The Hall–Kier alpha value is -1.71. The predicted molar refractivity (Wildman–Crippen MR) is 127 cm³/mol. The smallest absolute Gasteiger partial charge is 0.119 e. The average Bonchev–Trinajstić information content (AvgIpc) is 2.86. The van der Waals surface area contributed by atoms with Crippen molar-refractivity contribution in [2.24, 2.45) is 0 Å². The van der Waals surface area contributed by atoms with Crippen molar-refractivity contribution in [1.82, 2.24) is 0 Å². The van der Waals surface area contributed by atoms with Crippen molar-refractivity contribution in [3.05, 3.63) is 64.2 Å². The summed E-state index contributed by atoms with van der Waals surface area (Å²) in [5, 5.41) is 40.6. The molecule has 7 nitrogen and oxygen atoms in total. The van der Waals surface area contributed by atoms with Crippen LogP contribution in [0, 0.1) is 0 Å². The van der Waals surface area contributed by atoms with E-state index in [9.17, 15) is 20.4 Å². The van der Waals surface area contributed by atoms with E-state index in [1.807, 2.05) is 30.3 Å². The van der Waals surface area contributed by atoms with Gasteiger partial charge in [-0.25, -0.2) is 0 Å². The fraction of sp³-hybridized carbons (Fsp3) is 0.538. The second-order valence-electron chi connectivity index (χ2n) is 9.17. The van der Waals surface area contributed by atoms with Crippen LogP contribution in [0.15, 0.2) is 42.5 Å². The summed E-state index contributed by atoms with van der Waals surface area (Å²) in [5.74, 6) is 0.839. The van der Waals surface area contributed by atoms with Crippen LogP contribution in [0.4, 0.5) is 0 Å². The van der Waals surface area contributed by atoms with Crippen LogP contribution < -0.4 is 4.74 Å². The molecule has 5 atom stereocenters. The lowest BCUT2D eigenvalue weighted by Crippen LogP contribution is -2.55. The molecule has 1 aliphatic heterocycles. The third-order valence-electron chi connectivity index (χ3n) is 6.87. The van der Waals surface area contributed by atoms with Gasteiger partial charge in [0, 0.05) is 12.1 Å². The Morgan fingerprint density at radius 3 is 2.24 bits per heavy atom. The molecule has 186 valence electrons. The van der Waals surface area contributed by atoms with Crippen LogP contribution in [0.5, 0.6) is 5.75 Å². The third-order valence-corrected chi connectivity index (χ3v) is 7.23. The Morgan fingerprint density at radius 1 is 0.912 bits per heavy atom. The molecule has 0 radical (unpaired) electrons. The number of aliphatic hydroxyl groups is 4. The van der Waals surface area contributed by atoms with Gasteiger partial charge in [-0.15, -0.1) is 0 Å². The van der Waals surface area contributed by atoms with Crippen molar-refractivity contribution in [1.29, 1.82) is 0 Å². The van der Waals surface area contributed by atoms with Gasteiger partial charge in [0.2, 0.25) is 0 Å². The minimum atomic E-state index is -1.42. The predicted octanol–water partition coefficient (Wildman–Crippen LogP) is 2.78. The van der Waals surface area contributed by atoms with Gasteiger partial charge >= 0.3 is 0 Å². The molecular formula is C26H33ClO7. The van der Waals surface area contributed by atoms with Crippen molar-refractivity contribution < 1.29 is 34.6 Å². The zero-order chi connectivity index (χ0) is 24.2. The van der Waals surface area contributed by atoms with E-state index in [2.05, 4.69) is 0 Å². The molecule has 0 aromatic heterocycles. The number of rotatable bonds is 7. The first kappa shape index (κ1) is 25.4. The number of hydrogen-bond donors (Lipinski definition) is 4. The minimum Gasteiger partial charge on any atom is -0.490 e. The Balaban J connectivity index is 1.42. The summed E-state index contributed by atoms with van der Waals surface area (Å²) in [6.07, 6.45) is -0.883. The van der Waals surface area contributed by atoms with E-state index in [0.29, 0.717) is 23.1 Å². The van der Waals surface area contributed by atoms with Gasteiger partial charge in [0.25, 0.3) is 0 Å². The maximum atomic E-state index is 10.4. The summed E-state index contributed by atoms with van der Waals surface area (Å²) < 4.78 is 17.2. The van der Waals surface area contributed by atoms with Gasteiger partial charge in [-0.1, -0.05) is 35.9 Å². The third kappa shape index (κ3) is 5.74. The van der Waals surface area contributed by atoms with Crippen molar-refractivity contribution in [3.63, 3.8) is 0 Å². The first-order valence-corrected chi connectivity index (χ1v) is 12.1. The number of ether oxygens (including phenoxy) is 3. The van der Waals surface area contributed by atoms with Crippen molar-refractivity contribution in [2.75, 3.05) is 13.7 Å². The highest BCUT2D eigenvalue weighted by molar-refractivity contribution is 6.31. The quantitative estimate of drug-likeness (QED) is 0.470. The molecule has 1 heterocycles. The lowest BCUT2D eigenvalue weighted by molar-refractivity contribution is -0.231. The molecule has 34 heavy (non-hydrogen) atoms. The van der Waals surface area contributed by atoms with Crippen molar-refractivity contribution in [2.45, 2.75) is 74.8 Å². The van der Waals surface area contributed by atoms with E-state index in [4.69, 9.17) is 25.8 Å². The summed E-state index contributed by atoms with van der Waals surface area (Å²) in [4.78, 5) is 0. The molecule has 2 aromatic carbocycles. The van der Waals surface area contributed by atoms with Crippen molar-refractivity contribution in [3.8, 4) is 5.75 Å². The molecule has 2 aliphatic rings. The van der Waals surface area contributed by atoms with Crippen LogP contribution in [0.3, 0.4) is 0 Å². The van der Waals surface area contributed by atoms with Crippen LogP contribution in [-0.4, -0.2) is 70.8 Å². The van der Waals surface area contributed by atoms with E-state index < -0.39 is 37.1 Å². The van der Waals surface area contributed by atoms with Crippen molar-refractivity contribution >= 4 is 11.6 Å². The van der Waals surface area contributed by atoms with Crippen LogP contribution in [0.1, 0.15) is 48.5 Å². The van der Waals surface area contributed by atoms with Gasteiger partial charge in [0.1, 0.15) is 36.3 Å². The maximum Gasteiger partial charge on any atom is 0.119 e. The molecule has 4 N–H and O–H groups in total. The molecule has 1 aliphatic carbocycles. The molecule has 1 saturated heterocycles.